The van der Waals surface area contributed by atoms with Crippen molar-refractivity contribution in [1.29, 1.82) is 0 Å². The quantitative estimate of drug-likeness (QED) is 0.197. The molecule has 9 nitrogen and oxygen atoms in total. The van der Waals surface area contributed by atoms with Crippen molar-refractivity contribution in [3.8, 4) is 17.3 Å². The summed E-state index contributed by atoms with van der Waals surface area (Å²) in [6, 6.07) is 7.87. The van der Waals surface area contributed by atoms with E-state index in [4.69, 9.17) is 14.5 Å². The van der Waals surface area contributed by atoms with Gasteiger partial charge in [0.1, 0.15) is 35.4 Å². The molecule has 14 heteroatoms. The fourth-order valence-electron chi connectivity index (χ4n) is 8.63. The molecule has 2 aromatic carbocycles. The van der Waals surface area contributed by atoms with Crippen LogP contribution in [0.2, 0.25) is 0 Å². The van der Waals surface area contributed by atoms with E-state index in [0.29, 0.717) is 31.9 Å². The number of fused-ring (bicyclic) bond motifs is 5. The van der Waals surface area contributed by atoms with Gasteiger partial charge in [0.2, 0.25) is 0 Å². The first-order valence-electron chi connectivity index (χ1n) is 17.4. The summed E-state index contributed by atoms with van der Waals surface area (Å²) < 4.78 is 86.0. The molecule has 4 aliphatic rings. The molecule has 4 fully saturated rings. The van der Waals surface area contributed by atoms with Crippen LogP contribution >= 0.6 is 0 Å². The number of ether oxygens (including phenoxy) is 2. The highest BCUT2D eigenvalue weighted by Gasteiger charge is 2.50. The number of hydrogen-bond acceptors (Lipinski definition) is 8. The van der Waals surface area contributed by atoms with E-state index in [9.17, 15) is 22.4 Å². The van der Waals surface area contributed by atoms with Crippen molar-refractivity contribution >= 4 is 33.6 Å². The second kappa shape index (κ2) is 12.1. The molecule has 0 N–H and O–H groups in total. The summed E-state index contributed by atoms with van der Waals surface area (Å²) in [7, 11) is 0. The second-order valence-electron chi connectivity index (χ2n) is 15.3. The van der Waals surface area contributed by atoms with Gasteiger partial charge in [0, 0.05) is 43.2 Å². The van der Waals surface area contributed by atoms with Gasteiger partial charge in [-0.3, -0.25) is 14.8 Å². The molecule has 4 saturated heterocycles. The Bertz CT molecular complexity index is 2000. The molecule has 1 amide bonds. The molecular formula is C37H39F5N6O3. The Kier molecular flexibility index (Phi) is 8.04. The molecule has 0 saturated carbocycles. The minimum Gasteiger partial charge on any atom is -0.461 e. The van der Waals surface area contributed by atoms with Crippen LogP contribution in [-0.4, -0.2) is 93.0 Å². The average Bonchev–Trinajstić information content (AvgIpc) is 3.69. The zero-order valence-corrected chi connectivity index (χ0v) is 28.6. The number of carbonyl (C=O) groups excluding carboxylic acids is 1. The van der Waals surface area contributed by atoms with Crippen molar-refractivity contribution < 1.29 is 36.2 Å². The zero-order chi connectivity index (χ0) is 35.9. The molecule has 51 heavy (non-hydrogen) atoms. The normalized spacial score (nSPS) is 25.2. The standard InChI is InChI=1S/C37H39F5N6O3/c1-35(2,3)51-34(49)48-23-11-12-24(48)19-46(18-23)32-26-16-43-30(25-9-4-7-21-8-5-10-27(28(21)25)37(40,41)42)29(39)31(26)44-33(45-32)50-20-36-13-6-14-47(36)17-22(38)15-36/h4-5,7-10,16,22-24H,6,11-15,17-20H2,1-3H3/t22?,23-,24+,36?. The molecule has 2 unspecified atom stereocenters. The highest BCUT2D eigenvalue weighted by molar-refractivity contribution is 6.01. The lowest BCUT2D eigenvalue weighted by Gasteiger charge is -2.42. The van der Waals surface area contributed by atoms with Gasteiger partial charge in [-0.15, -0.1) is 0 Å². The summed E-state index contributed by atoms with van der Waals surface area (Å²) >= 11 is 0. The van der Waals surface area contributed by atoms with E-state index in [0.717, 1.165) is 38.3 Å². The van der Waals surface area contributed by atoms with Gasteiger partial charge in [-0.2, -0.15) is 23.1 Å². The number of benzene rings is 2. The smallest absolute Gasteiger partial charge is 0.417 e. The average molecular weight is 711 g/mol. The van der Waals surface area contributed by atoms with Crippen LogP contribution in [0.5, 0.6) is 6.01 Å². The Morgan fingerprint density at radius 1 is 1.02 bits per heavy atom. The first-order valence-corrected chi connectivity index (χ1v) is 17.4. The molecule has 2 aromatic heterocycles. The van der Waals surface area contributed by atoms with Crippen molar-refractivity contribution in [3.63, 3.8) is 0 Å². The highest BCUT2D eigenvalue weighted by Crippen LogP contribution is 2.43. The SMILES string of the molecule is CC(C)(C)OC(=O)N1[C@@H]2CC[C@H]1CN(c1nc(OCC34CCCN3CC(F)C4)nc3c(F)c(-c4cccc5cccc(C(F)(F)F)c45)ncc13)C2. The van der Waals surface area contributed by atoms with Gasteiger partial charge in [-0.05, 0) is 64.5 Å². The van der Waals surface area contributed by atoms with E-state index in [1.54, 1.807) is 23.1 Å². The van der Waals surface area contributed by atoms with Crippen molar-refractivity contribution in [1.82, 2.24) is 24.8 Å². The van der Waals surface area contributed by atoms with Crippen LogP contribution in [0.4, 0.5) is 32.6 Å². The number of hydrogen-bond donors (Lipinski definition) is 0. The van der Waals surface area contributed by atoms with Gasteiger partial charge in [-0.25, -0.2) is 13.6 Å². The lowest BCUT2D eigenvalue weighted by atomic mass is 9.95. The van der Waals surface area contributed by atoms with Crippen LogP contribution in [0.3, 0.4) is 0 Å². The lowest BCUT2D eigenvalue weighted by Crippen LogP contribution is -2.57. The van der Waals surface area contributed by atoms with Crippen LogP contribution in [0.1, 0.15) is 58.4 Å². The number of carbonyl (C=O) groups is 1. The predicted octanol–water partition coefficient (Wildman–Crippen LogP) is 7.55. The fourth-order valence-corrected chi connectivity index (χ4v) is 8.63. The van der Waals surface area contributed by atoms with Gasteiger partial charge in [0.05, 0.1) is 28.6 Å². The van der Waals surface area contributed by atoms with Crippen molar-refractivity contribution in [3.05, 3.63) is 54.0 Å². The number of rotatable bonds is 5. The Labute approximate surface area is 291 Å². The number of aromatic nitrogens is 3. The lowest BCUT2D eigenvalue weighted by molar-refractivity contribution is -0.136. The minimum atomic E-state index is -4.69. The largest absolute Gasteiger partial charge is 0.461 e. The number of alkyl halides is 4. The van der Waals surface area contributed by atoms with E-state index in [1.807, 2.05) is 25.7 Å². The van der Waals surface area contributed by atoms with Crippen molar-refractivity contribution in [2.24, 2.45) is 0 Å². The zero-order valence-electron chi connectivity index (χ0n) is 28.6. The maximum absolute atomic E-state index is 16.9. The van der Waals surface area contributed by atoms with Gasteiger partial charge < -0.3 is 14.4 Å². The Hall–Kier alpha value is -4.33. The van der Waals surface area contributed by atoms with E-state index >= 15 is 4.39 Å². The molecule has 4 aromatic rings. The number of pyridine rings is 1. The summed E-state index contributed by atoms with van der Waals surface area (Å²) in [5, 5.41) is 0.383. The van der Waals surface area contributed by atoms with Crippen LogP contribution in [0.25, 0.3) is 32.9 Å². The summed E-state index contributed by atoms with van der Waals surface area (Å²) in [6.07, 6.45) is -1.21. The summed E-state index contributed by atoms with van der Waals surface area (Å²) in [4.78, 5) is 32.7. The third-order valence-electron chi connectivity index (χ3n) is 10.7. The highest BCUT2D eigenvalue weighted by atomic mass is 19.4. The van der Waals surface area contributed by atoms with E-state index in [2.05, 4.69) is 14.9 Å². The van der Waals surface area contributed by atoms with Gasteiger partial charge >= 0.3 is 18.3 Å². The van der Waals surface area contributed by atoms with Crippen LogP contribution in [0, 0.1) is 5.82 Å². The fraction of sp³-hybridized carbons (Fsp3) is 0.514. The van der Waals surface area contributed by atoms with Crippen molar-refractivity contribution in [2.45, 2.75) is 88.4 Å². The monoisotopic (exact) mass is 710 g/mol. The van der Waals surface area contributed by atoms with Crippen molar-refractivity contribution in [2.75, 3.05) is 37.7 Å². The Morgan fingerprint density at radius 2 is 1.75 bits per heavy atom. The molecule has 0 aliphatic carbocycles. The van der Waals surface area contributed by atoms with Crippen LogP contribution < -0.4 is 9.64 Å². The topological polar surface area (TPSA) is 83.9 Å². The molecule has 0 spiro atoms. The summed E-state index contributed by atoms with van der Waals surface area (Å²) in [6.45, 7) is 7.40. The Morgan fingerprint density at radius 3 is 2.45 bits per heavy atom. The van der Waals surface area contributed by atoms with E-state index < -0.39 is 34.9 Å². The predicted molar refractivity (Wildman–Crippen MR) is 181 cm³/mol. The maximum Gasteiger partial charge on any atom is 0.417 e. The third-order valence-corrected chi connectivity index (χ3v) is 10.7. The van der Waals surface area contributed by atoms with E-state index in [-0.39, 0.29) is 63.7 Å². The van der Waals surface area contributed by atoms with Crippen LogP contribution in [-0.2, 0) is 10.9 Å². The molecule has 0 radical (unpaired) electrons. The summed E-state index contributed by atoms with van der Waals surface area (Å²) in [5.74, 6) is -0.565. The molecule has 8 rings (SSSR count). The third kappa shape index (κ3) is 5.98. The number of nitrogens with zero attached hydrogens (tertiary/aromatic N) is 6. The number of piperazine rings is 1. The number of amides is 1. The Balaban J connectivity index is 1.22. The first kappa shape index (κ1) is 33.8. The van der Waals surface area contributed by atoms with Gasteiger partial charge in [0.15, 0.2) is 5.82 Å². The molecule has 4 atom stereocenters. The second-order valence-corrected chi connectivity index (χ2v) is 15.3. The number of halogens is 5. The van der Waals surface area contributed by atoms with Gasteiger partial charge in [0.25, 0.3) is 0 Å². The molecule has 4 aliphatic heterocycles. The van der Waals surface area contributed by atoms with E-state index in [1.165, 1.54) is 18.3 Å². The molecule has 2 bridgehead atoms. The van der Waals surface area contributed by atoms with Gasteiger partial charge in [-0.1, -0.05) is 30.3 Å². The first-order chi connectivity index (χ1) is 24.2. The molecule has 6 heterocycles. The minimum absolute atomic E-state index is 0.0214. The number of anilines is 1. The molecular weight excluding hydrogens is 671 g/mol. The maximum atomic E-state index is 16.9. The molecule has 270 valence electrons. The van der Waals surface area contributed by atoms with Crippen LogP contribution in [0.15, 0.2) is 42.6 Å². The summed E-state index contributed by atoms with van der Waals surface area (Å²) in [5.41, 5.74) is -2.54.